The number of alkyl halides is 3. The van der Waals surface area contributed by atoms with Crippen molar-refractivity contribution in [3.05, 3.63) is 90.0 Å². The number of nitrogens with one attached hydrogen (secondary N) is 1. The van der Waals surface area contributed by atoms with Crippen LogP contribution in [0.3, 0.4) is 0 Å². The predicted molar refractivity (Wildman–Crippen MR) is 110 cm³/mol. The van der Waals surface area contributed by atoms with Crippen molar-refractivity contribution in [3.63, 3.8) is 0 Å². The Kier molecular flexibility index (Phi) is 6.75. The number of hydrogen-bond donors (Lipinski definition) is 2. The summed E-state index contributed by atoms with van der Waals surface area (Å²) in [5.74, 6) is 0. The molecule has 2 N–H and O–H groups in total. The molecule has 0 aliphatic heterocycles. The second-order valence-electron chi connectivity index (χ2n) is 6.75. The quantitative estimate of drug-likeness (QED) is 0.533. The summed E-state index contributed by atoms with van der Waals surface area (Å²) in [7, 11) is -9.10. The van der Waals surface area contributed by atoms with Crippen molar-refractivity contribution in [2.45, 2.75) is 27.0 Å². The molecule has 11 heteroatoms. The SMILES string of the molecule is O=S(=O)(NC[C@@H](O)c1ccccc1)c1cc(S(=O)(=O)c2ccccc2)ccc1C(F)(F)F. The normalized spacial score (nSPS) is 13.6. The van der Waals surface area contributed by atoms with Gasteiger partial charge in [0.2, 0.25) is 19.9 Å². The summed E-state index contributed by atoms with van der Waals surface area (Å²) in [5, 5.41) is 10.1. The molecule has 6 nitrogen and oxygen atoms in total. The van der Waals surface area contributed by atoms with Gasteiger partial charge in [0.25, 0.3) is 0 Å². The first-order chi connectivity index (χ1) is 14.9. The fourth-order valence-corrected chi connectivity index (χ4v) is 5.59. The van der Waals surface area contributed by atoms with Gasteiger partial charge in [0.15, 0.2) is 0 Å². The first-order valence-corrected chi connectivity index (χ1v) is 12.1. The Bertz CT molecular complexity index is 1290. The van der Waals surface area contributed by atoms with Crippen molar-refractivity contribution in [2.24, 2.45) is 0 Å². The van der Waals surface area contributed by atoms with Gasteiger partial charge in [0, 0.05) is 6.54 Å². The zero-order valence-electron chi connectivity index (χ0n) is 16.3. The van der Waals surface area contributed by atoms with E-state index in [2.05, 4.69) is 0 Å². The number of rotatable bonds is 7. The lowest BCUT2D eigenvalue weighted by Crippen LogP contribution is -2.30. The van der Waals surface area contributed by atoms with E-state index >= 15 is 0 Å². The molecule has 0 radical (unpaired) electrons. The lowest BCUT2D eigenvalue weighted by Gasteiger charge is -2.17. The van der Waals surface area contributed by atoms with Crippen LogP contribution >= 0.6 is 0 Å². The van der Waals surface area contributed by atoms with E-state index in [4.69, 9.17) is 0 Å². The Morgan fingerprint density at radius 3 is 1.94 bits per heavy atom. The molecule has 0 heterocycles. The molecule has 0 aliphatic carbocycles. The van der Waals surface area contributed by atoms with E-state index < -0.39 is 54.0 Å². The molecule has 1 atom stereocenters. The smallest absolute Gasteiger partial charge is 0.387 e. The Hall–Kier alpha value is -2.73. The second-order valence-corrected chi connectivity index (χ2v) is 10.4. The molecule has 0 saturated heterocycles. The van der Waals surface area contributed by atoms with Crippen LogP contribution in [-0.2, 0) is 26.0 Å². The number of sulfonamides is 1. The number of hydrogen-bond acceptors (Lipinski definition) is 5. The van der Waals surface area contributed by atoms with E-state index in [1.165, 1.54) is 36.4 Å². The average Bonchev–Trinajstić information content (AvgIpc) is 2.77. The van der Waals surface area contributed by atoms with Crippen LogP contribution in [0.1, 0.15) is 17.2 Å². The third-order valence-corrected chi connectivity index (χ3v) is 7.79. The first-order valence-electron chi connectivity index (χ1n) is 9.17. The maximum atomic E-state index is 13.5. The van der Waals surface area contributed by atoms with E-state index in [-0.39, 0.29) is 4.90 Å². The van der Waals surface area contributed by atoms with Crippen LogP contribution in [0.5, 0.6) is 0 Å². The lowest BCUT2D eigenvalue weighted by atomic mass is 10.1. The molecule has 32 heavy (non-hydrogen) atoms. The molecule has 0 aromatic heterocycles. The molecule has 0 saturated carbocycles. The van der Waals surface area contributed by atoms with Crippen molar-refractivity contribution in [1.29, 1.82) is 0 Å². The van der Waals surface area contributed by atoms with Crippen molar-refractivity contribution < 1.29 is 35.1 Å². The number of aliphatic hydroxyl groups is 1. The molecular weight excluding hydrogens is 467 g/mol. The van der Waals surface area contributed by atoms with Crippen molar-refractivity contribution in [2.75, 3.05) is 6.54 Å². The molecular formula is C21H18F3NO5S2. The van der Waals surface area contributed by atoms with E-state index in [9.17, 15) is 35.1 Å². The maximum absolute atomic E-state index is 13.5. The number of aliphatic hydroxyl groups excluding tert-OH is 1. The molecule has 0 bridgehead atoms. The van der Waals surface area contributed by atoms with Gasteiger partial charge in [0.1, 0.15) is 0 Å². The highest BCUT2D eigenvalue weighted by Gasteiger charge is 2.38. The van der Waals surface area contributed by atoms with E-state index in [1.54, 1.807) is 24.3 Å². The Morgan fingerprint density at radius 2 is 1.38 bits per heavy atom. The third-order valence-electron chi connectivity index (χ3n) is 4.56. The predicted octanol–water partition coefficient (Wildman–Crippen LogP) is 3.55. The summed E-state index contributed by atoms with van der Waals surface area (Å²) in [6.07, 6.45) is -6.38. The fourth-order valence-electron chi connectivity index (χ4n) is 2.92. The van der Waals surface area contributed by atoms with Gasteiger partial charge < -0.3 is 5.11 Å². The second kappa shape index (κ2) is 9.02. The minimum Gasteiger partial charge on any atom is -0.387 e. The number of halogens is 3. The third kappa shape index (κ3) is 5.18. The number of benzene rings is 3. The Morgan fingerprint density at radius 1 is 0.812 bits per heavy atom. The van der Waals surface area contributed by atoms with Crippen LogP contribution < -0.4 is 4.72 Å². The standard InChI is InChI=1S/C21H18F3NO5S2/c22-21(23,24)18-12-11-17(31(27,28)16-9-5-2-6-10-16)13-20(18)32(29,30)25-14-19(26)15-7-3-1-4-8-15/h1-13,19,25-26H,14H2/t19-/m1/s1. The van der Waals surface area contributed by atoms with Crippen LogP contribution in [0.4, 0.5) is 13.2 Å². The zero-order valence-corrected chi connectivity index (χ0v) is 18.0. The van der Waals surface area contributed by atoms with Crippen LogP contribution in [0.2, 0.25) is 0 Å². The van der Waals surface area contributed by atoms with Crippen molar-refractivity contribution in [3.8, 4) is 0 Å². The van der Waals surface area contributed by atoms with Crippen LogP contribution in [0.15, 0.2) is 93.5 Å². The Balaban J connectivity index is 2.02. The topological polar surface area (TPSA) is 101 Å². The molecule has 0 aliphatic rings. The Labute approximate surface area is 183 Å². The molecule has 0 unspecified atom stereocenters. The first kappa shape index (κ1) is 23.9. The molecule has 0 fully saturated rings. The molecule has 3 aromatic carbocycles. The highest BCUT2D eigenvalue weighted by atomic mass is 32.2. The van der Waals surface area contributed by atoms with Gasteiger partial charge in [-0.05, 0) is 35.9 Å². The zero-order chi connectivity index (χ0) is 23.6. The largest absolute Gasteiger partial charge is 0.417 e. The molecule has 3 aromatic rings. The van der Waals surface area contributed by atoms with Gasteiger partial charge in [-0.3, -0.25) is 0 Å². The maximum Gasteiger partial charge on any atom is 0.417 e. The van der Waals surface area contributed by atoms with Crippen LogP contribution in [0.25, 0.3) is 0 Å². The van der Waals surface area contributed by atoms with Gasteiger partial charge in [-0.15, -0.1) is 0 Å². The highest BCUT2D eigenvalue weighted by molar-refractivity contribution is 7.91. The summed E-state index contributed by atoms with van der Waals surface area (Å²) in [6, 6.07) is 16.4. The van der Waals surface area contributed by atoms with E-state index in [1.807, 2.05) is 4.72 Å². The fraction of sp³-hybridized carbons (Fsp3) is 0.143. The highest BCUT2D eigenvalue weighted by Crippen LogP contribution is 2.36. The van der Waals surface area contributed by atoms with E-state index in [0.29, 0.717) is 23.8 Å². The molecule has 0 spiro atoms. The molecule has 0 amide bonds. The minimum absolute atomic E-state index is 0.199. The summed E-state index contributed by atoms with van der Waals surface area (Å²) in [5.41, 5.74) is -1.17. The summed E-state index contributed by atoms with van der Waals surface area (Å²) >= 11 is 0. The molecule has 3 rings (SSSR count). The van der Waals surface area contributed by atoms with Crippen molar-refractivity contribution >= 4 is 19.9 Å². The van der Waals surface area contributed by atoms with Crippen molar-refractivity contribution in [1.82, 2.24) is 4.72 Å². The average molecular weight is 486 g/mol. The van der Waals surface area contributed by atoms with Gasteiger partial charge in [-0.2, -0.15) is 13.2 Å². The van der Waals surface area contributed by atoms with Crippen LogP contribution in [-0.4, -0.2) is 28.5 Å². The van der Waals surface area contributed by atoms with E-state index in [0.717, 1.165) is 0 Å². The van der Waals surface area contributed by atoms with Gasteiger partial charge >= 0.3 is 6.18 Å². The summed E-state index contributed by atoms with van der Waals surface area (Å²) in [4.78, 5) is -2.06. The molecule has 170 valence electrons. The summed E-state index contributed by atoms with van der Waals surface area (Å²) < 4.78 is 93.5. The van der Waals surface area contributed by atoms with Gasteiger partial charge in [0.05, 0.1) is 26.4 Å². The number of sulfone groups is 1. The monoisotopic (exact) mass is 485 g/mol. The van der Waals surface area contributed by atoms with Gasteiger partial charge in [-0.25, -0.2) is 21.6 Å². The minimum atomic E-state index is -5.06. The lowest BCUT2D eigenvalue weighted by molar-refractivity contribution is -0.139. The van der Waals surface area contributed by atoms with Crippen LogP contribution in [0, 0.1) is 0 Å². The van der Waals surface area contributed by atoms with Gasteiger partial charge in [-0.1, -0.05) is 48.5 Å². The summed E-state index contributed by atoms with van der Waals surface area (Å²) in [6.45, 7) is -0.612.